The Labute approximate surface area is 152 Å². The predicted molar refractivity (Wildman–Crippen MR) is 107 cm³/mol. The number of rotatable bonds is 8. The molecule has 0 aliphatic carbocycles. The Morgan fingerprint density at radius 1 is 0.880 bits per heavy atom. The fraction of sp³-hybridized carbons (Fsp3) is 0.478. The van der Waals surface area contributed by atoms with Crippen molar-refractivity contribution in [2.75, 3.05) is 18.6 Å². The number of hydrogen-bond donors (Lipinski definition) is 1. The Bertz CT molecular complexity index is 634. The van der Waals surface area contributed by atoms with Gasteiger partial charge in [-0.1, -0.05) is 75.4 Å². The smallest absolute Gasteiger partial charge is 0.0468 e. The van der Waals surface area contributed by atoms with Crippen LogP contribution in [0.3, 0.4) is 0 Å². The van der Waals surface area contributed by atoms with Gasteiger partial charge in [-0.2, -0.15) is 0 Å². The molecule has 0 saturated heterocycles. The third kappa shape index (κ3) is 3.74. The molecule has 134 valence electrons. The fourth-order valence-corrected chi connectivity index (χ4v) is 4.29. The van der Waals surface area contributed by atoms with E-state index in [1.807, 2.05) is 0 Å². The summed E-state index contributed by atoms with van der Waals surface area (Å²) in [6, 6.07) is 17.4. The first-order chi connectivity index (χ1) is 12.3. The lowest BCUT2D eigenvalue weighted by molar-refractivity contribution is 0.201. The third-order valence-corrected chi connectivity index (χ3v) is 5.65. The second-order valence-corrected chi connectivity index (χ2v) is 7.30. The highest BCUT2D eigenvalue weighted by molar-refractivity contribution is 5.75. The third-order valence-electron chi connectivity index (χ3n) is 5.65. The van der Waals surface area contributed by atoms with Crippen LogP contribution in [0.25, 0.3) is 0 Å². The molecule has 3 rings (SSSR count). The topological polar surface area (TPSA) is 23.5 Å². The zero-order valence-corrected chi connectivity index (χ0v) is 15.6. The zero-order valence-electron chi connectivity index (χ0n) is 15.6. The number of hydrogen-bond acceptors (Lipinski definition) is 2. The van der Waals surface area contributed by atoms with E-state index in [1.165, 1.54) is 54.6 Å². The Balaban J connectivity index is 1.87. The Morgan fingerprint density at radius 3 is 2.00 bits per heavy atom. The molecule has 1 heterocycles. The van der Waals surface area contributed by atoms with Gasteiger partial charge in [-0.3, -0.25) is 0 Å². The van der Waals surface area contributed by atoms with Crippen molar-refractivity contribution in [1.29, 1.82) is 0 Å². The normalized spacial score (nSPS) is 14.9. The van der Waals surface area contributed by atoms with E-state index in [9.17, 15) is 5.11 Å². The monoisotopic (exact) mass is 337 g/mol. The number of aliphatic hydroxyl groups excluding tert-OH is 1. The van der Waals surface area contributed by atoms with E-state index in [1.54, 1.807) is 0 Å². The average molecular weight is 338 g/mol. The molecule has 0 bridgehead atoms. The summed E-state index contributed by atoms with van der Waals surface area (Å²) in [7, 11) is 2.15. The maximum atomic E-state index is 10.2. The number of aliphatic hydroxyl groups is 1. The van der Waals surface area contributed by atoms with Gasteiger partial charge in [0, 0.05) is 30.9 Å². The summed E-state index contributed by atoms with van der Waals surface area (Å²) in [5.41, 5.74) is 5.26. The summed E-state index contributed by atoms with van der Waals surface area (Å²) in [5, 5.41) is 10.2. The van der Waals surface area contributed by atoms with Crippen LogP contribution in [0.1, 0.15) is 62.5 Å². The minimum Gasteiger partial charge on any atom is -0.396 e. The SMILES string of the molecule is CCCCCCC[C@@H](CO)C1c2ccccc2N(C)c2ccccc21. The summed E-state index contributed by atoms with van der Waals surface area (Å²) in [6.07, 6.45) is 7.50. The van der Waals surface area contributed by atoms with Crippen molar-refractivity contribution in [3.05, 3.63) is 59.7 Å². The van der Waals surface area contributed by atoms with Crippen molar-refractivity contribution < 1.29 is 5.11 Å². The van der Waals surface area contributed by atoms with E-state index < -0.39 is 0 Å². The van der Waals surface area contributed by atoms with Crippen LogP contribution in [-0.2, 0) is 0 Å². The first-order valence-corrected chi connectivity index (χ1v) is 9.80. The van der Waals surface area contributed by atoms with E-state index in [0.29, 0.717) is 5.92 Å². The molecule has 25 heavy (non-hydrogen) atoms. The van der Waals surface area contributed by atoms with Crippen LogP contribution in [0.2, 0.25) is 0 Å². The quantitative estimate of drug-likeness (QED) is 0.609. The van der Waals surface area contributed by atoms with Gasteiger partial charge in [0.25, 0.3) is 0 Å². The van der Waals surface area contributed by atoms with Crippen LogP contribution in [-0.4, -0.2) is 18.8 Å². The molecule has 0 amide bonds. The molecule has 0 radical (unpaired) electrons. The minimum atomic E-state index is 0.255. The standard InChI is InChI=1S/C23H31NO/c1-3-4-5-6-7-12-18(17-25)23-19-13-8-10-15-21(19)24(2)22-16-11-9-14-20(22)23/h8-11,13-16,18,23,25H,3-7,12,17H2,1-2H3/t18-/m0/s1. The molecule has 0 unspecified atom stereocenters. The van der Waals surface area contributed by atoms with Crippen LogP contribution >= 0.6 is 0 Å². The lowest BCUT2D eigenvalue weighted by atomic mass is 9.75. The molecule has 0 fully saturated rings. The lowest BCUT2D eigenvalue weighted by Crippen LogP contribution is -2.27. The molecule has 2 heteroatoms. The highest BCUT2D eigenvalue weighted by atomic mass is 16.3. The molecular weight excluding hydrogens is 306 g/mol. The van der Waals surface area contributed by atoms with Gasteiger partial charge < -0.3 is 10.0 Å². The fourth-order valence-electron chi connectivity index (χ4n) is 4.29. The van der Waals surface area contributed by atoms with Crippen molar-refractivity contribution in [3.63, 3.8) is 0 Å². The Morgan fingerprint density at radius 2 is 1.44 bits per heavy atom. The van der Waals surface area contributed by atoms with Crippen LogP contribution < -0.4 is 4.90 Å². The Kier molecular flexibility index (Phi) is 6.14. The number of fused-ring (bicyclic) bond motifs is 2. The van der Waals surface area contributed by atoms with Gasteiger partial charge in [-0.05, 0) is 35.6 Å². The van der Waals surface area contributed by atoms with E-state index in [0.717, 1.165) is 6.42 Å². The first-order valence-electron chi connectivity index (χ1n) is 9.80. The number of nitrogens with zero attached hydrogens (tertiary/aromatic N) is 1. The van der Waals surface area contributed by atoms with Crippen molar-refractivity contribution in [2.45, 2.75) is 51.4 Å². The summed E-state index contributed by atoms with van der Waals surface area (Å²) >= 11 is 0. The first kappa shape index (κ1) is 18.0. The van der Waals surface area contributed by atoms with Gasteiger partial charge in [-0.15, -0.1) is 0 Å². The van der Waals surface area contributed by atoms with Crippen molar-refractivity contribution in [3.8, 4) is 0 Å². The van der Waals surface area contributed by atoms with Crippen LogP contribution in [0.4, 0.5) is 11.4 Å². The van der Waals surface area contributed by atoms with Crippen molar-refractivity contribution >= 4 is 11.4 Å². The summed E-state index contributed by atoms with van der Waals surface area (Å²) < 4.78 is 0. The molecule has 1 atom stereocenters. The second kappa shape index (κ2) is 8.53. The molecular formula is C23H31NO. The predicted octanol–water partition coefficient (Wildman–Crippen LogP) is 5.87. The van der Waals surface area contributed by atoms with Crippen LogP contribution in [0.15, 0.2) is 48.5 Å². The van der Waals surface area contributed by atoms with Crippen LogP contribution in [0.5, 0.6) is 0 Å². The molecule has 0 saturated carbocycles. The van der Waals surface area contributed by atoms with Gasteiger partial charge in [0.2, 0.25) is 0 Å². The van der Waals surface area contributed by atoms with E-state index in [-0.39, 0.29) is 12.5 Å². The van der Waals surface area contributed by atoms with Gasteiger partial charge >= 0.3 is 0 Å². The number of unbranched alkanes of at least 4 members (excludes halogenated alkanes) is 4. The van der Waals surface area contributed by atoms with Gasteiger partial charge in [0.15, 0.2) is 0 Å². The van der Waals surface area contributed by atoms with Gasteiger partial charge in [0.05, 0.1) is 0 Å². The molecule has 0 spiro atoms. The highest BCUT2D eigenvalue weighted by Crippen LogP contribution is 2.48. The second-order valence-electron chi connectivity index (χ2n) is 7.30. The summed E-state index contributed by atoms with van der Waals surface area (Å²) in [4.78, 5) is 2.29. The number of para-hydroxylation sites is 2. The molecule has 2 nitrogen and oxygen atoms in total. The minimum absolute atomic E-state index is 0.255. The lowest BCUT2D eigenvalue weighted by Gasteiger charge is -2.38. The summed E-state index contributed by atoms with van der Waals surface area (Å²) in [6.45, 7) is 2.51. The maximum Gasteiger partial charge on any atom is 0.0468 e. The zero-order chi connectivity index (χ0) is 17.6. The van der Waals surface area contributed by atoms with Gasteiger partial charge in [0.1, 0.15) is 0 Å². The highest BCUT2D eigenvalue weighted by Gasteiger charge is 2.33. The molecule has 1 N–H and O–H groups in total. The summed E-state index contributed by atoms with van der Waals surface area (Å²) in [5.74, 6) is 0.581. The molecule has 2 aromatic rings. The molecule has 0 aromatic heterocycles. The maximum absolute atomic E-state index is 10.2. The van der Waals surface area contributed by atoms with E-state index >= 15 is 0 Å². The molecule has 1 aliphatic rings. The van der Waals surface area contributed by atoms with E-state index in [2.05, 4.69) is 67.4 Å². The van der Waals surface area contributed by atoms with Crippen molar-refractivity contribution in [2.24, 2.45) is 5.92 Å². The van der Waals surface area contributed by atoms with Gasteiger partial charge in [-0.25, -0.2) is 0 Å². The molecule has 1 aliphatic heterocycles. The number of anilines is 2. The molecule has 2 aromatic carbocycles. The number of benzene rings is 2. The average Bonchev–Trinajstić information content (AvgIpc) is 2.66. The Hall–Kier alpha value is -1.80. The van der Waals surface area contributed by atoms with E-state index in [4.69, 9.17) is 0 Å². The largest absolute Gasteiger partial charge is 0.396 e. The van der Waals surface area contributed by atoms with Crippen LogP contribution in [0, 0.1) is 5.92 Å². The van der Waals surface area contributed by atoms with Crippen molar-refractivity contribution in [1.82, 2.24) is 0 Å².